The van der Waals surface area contributed by atoms with Crippen molar-refractivity contribution >= 4 is 29.0 Å². The van der Waals surface area contributed by atoms with Crippen LogP contribution in [0.2, 0.25) is 10.0 Å². The fourth-order valence-corrected chi connectivity index (χ4v) is 1.85. The summed E-state index contributed by atoms with van der Waals surface area (Å²) in [4.78, 5) is 4.47. The van der Waals surface area contributed by atoms with E-state index in [1.54, 1.807) is 17.1 Å². The third kappa shape index (κ3) is 3.37. The van der Waals surface area contributed by atoms with Crippen LogP contribution in [0.15, 0.2) is 24.5 Å². The smallest absolute Gasteiger partial charge is 0.126 e. The summed E-state index contributed by atoms with van der Waals surface area (Å²) in [6, 6.07) is 3.71. The standard InChI is InChI=1S/C12H14Cl2N4/c1-2-5-15-12-4-3-10(14)11(17-12)8-18-7-9(13)6-16-18/h3-4,6-7H,2,5,8H2,1H3,(H,15,17). The van der Waals surface area contributed by atoms with E-state index in [0.717, 1.165) is 24.5 Å². The maximum Gasteiger partial charge on any atom is 0.126 e. The summed E-state index contributed by atoms with van der Waals surface area (Å²) >= 11 is 11.9. The summed E-state index contributed by atoms with van der Waals surface area (Å²) < 4.78 is 1.71. The molecule has 0 aliphatic rings. The molecule has 0 fully saturated rings. The Balaban J connectivity index is 2.15. The number of pyridine rings is 1. The molecule has 1 N–H and O–H groups in total. The molecule has 2 aromatic heterocycles. The quantitative estimate of drug-likeness (QED) is 0.914. The number of hydrogen-bond donors (Lipinski definition) is 1. The highest BCUT2D eigenvalue weighted by atomic mass is 35.5. The van der Waals surface area contributed by atoms with E-state index >= 15 is 0 Å². The lowest BCUT2D eigenvalue weighted by Crippen LogP contribution is -2.07. The van der Waals surface area contributed by atoms with Gasteiger partial charge in [-0.05, 0) is 18.6 Å². The molecule has 0 aliphatic heterocycles. The Kier molecular flexibility index (Phi) is 4.44. The minimum atomic E-state index is 0.507. The first kappa shape index (κ1) is 13.2. The Hall–Kier alpha value is -1.26. The van der Waals surface area contributed by atoms with E-state index in [1.165, 1.54) is 0 Å². The van der Waals surface area contributed by atoms with Crippen molar-refractivity contribution in [1.82, 2.24) is 14.8 Å². The Morgan fingerprint density at radius 3 is 2.83 bits per heavy atom. The van der Waals surface area contributed by atoms with Gasteiger partial charge < -0.3 is 5.32 Å². The molecule has 0 aliphatic carbocycles. The molecule has 0 saturated heterocycles. The maximum atomic E-state index is 6.12. The summed E-state index contributed by atoms with van der Waals surface area (Å²) in [5, 5.41) is 8.57. The molecule has 18 heavy (non-hydrogen) atoms. The van der Waals surface area contributed by atoms with E-state index in [0.29, 0.717) is 16.6 Å². The van der Waals surface area contributed by atoms with Gasteiger partial charge in [-0.2, -0.15) is 5.10 Å². The maximum absolute atomic E-state index is 6.12. The van der Waals surface area contributed by atoms with Crippen LogP contribution in [0, 0.1) is 0 Å². The Morgan fingerprint density at radius 1 is 1.33 bits per heavy atom. The van der Waals surface area contributed by atoms with E-state index in [-0.39, 0.29) is 0 Å². The lowest BCUT2D eigenvalue weighted by Gasteiger charge is -2.08. The van der Waals surface area contributed by atoms with Crippen molar-refractivity contribution < 1.29 is 0 Å². The number of nitrogens with one attached hydrogen (secondary N) is 1. The van der Waals surface area contributed by atoms with Crippen LogP contribution < -0.4 is 5.32 Å². The SMILES string of the molecule is CCCNc1ccc(Cl)c(Cn2cc(Cl)cn2)n1. The number of anilines is 1. The summed E-state index contributed by atoms with van der Waals surface area (Å²) in [5.74, 6) is 0.828. The monoisotopic (exact) mass is 284 g/mol. The lowest BCUT2D eigenvalue weighted by molar-refractivity contribution is 0.673. The van der Waals surface area contributed by atoms with E-state index in [2.05, 4.69) is 22.3 Å². The molecule has 0 radical (unpaired) electrons. The van der Waals surface area contributed by atoms with Gasteiger partial charge in [-0.3, -0.25) is 4.68 Å². The lowest BCUT2D eigenvalue weighted by atomic mass is 10.3. The van der Waals surface area contributed by atoms with Gasteiger partial charge in [0.25, 0.3) is 0 Å². The highest BCUT2D eigenvalue weighted by Gasteiger charge is 2.06. The van der Waals surface area contributed by atoms with Gasteiger partial charge in [0.15, 0.2) is 0 Å². The van der Waals surface area contributed by atoms with Gasteiger partial charge in [0.05, 0.1) is 28.5 Å². The zero-order valence-corrected chi connectivity index (χ0v) is 11.5. The van der Waals surface area contributed by atoms with Crippen molar-refractivity contribution in [3.63, 3.8) is 0 Å². The number of aromatic nitrogens is 3. The molecule has 2 rings (SSSR count). The second-order valence-corrected chi connectivity index (χ2v) is 4.75. The van der Waals surface area contributed by atoms with Crippen LogP contribution in [-0.2, 0) is 6.54 Å². The molecular formula is C12H14Cl2N4. The Morgan fingerprint density at radius 2 is 2.17 bits per heavy atom. The minimum absolute atomic E-state index is 0.507. The summed E-state index contributed by atoms with van der Waals surface area (Å²) in [7, 11) is 0. The molecule has 0 spiro atoms. The van der Waals surface area contributed by atoms with Gasteiger partial charge in [-0.25, -0.2) is 4.98 Å². The molecule has 0 bridgehead atoms. The average molecular weight is 285 g/mol. The van der Waals surface area contributed by atoms with E-state index < -0.39 is 0 Å². The summed E-state index contributed by atoms with van der Waals surface area (Å²) in [5.41, 5.74) is 0.775. The van der Waals surface area contributed by atoms with Gasteiger partial charge >= 0.3 is 0 Å². The number of halogens is 2. The van der Waals surface area contributed by atoms with E-state index in [1.807, 2.05) is 12.1 Å². The summed E-state index contributed by atoms with van der Waals surface area (Å²) in [6.07, 6.45) is 4.38. The molecule has 0 aromatic carbocycles. The van der Waals surface area contributed by atoms with Crippen LogP contribution in [0.3, 0.4) is 0 Å². The molecule has 4 nitrogen and oxygen atoms in total. The molecule has 2 heterocycles. The first-order valence-electron chi connectivity index (χ1n) is 5.76. The third-order valence-corrected chi connectivity index (χ3v) is 2.93. The molecule has 0 atom stereocenters. The van der Waals surface area contributed by atoms with Crippen molar-refractivity contribution in [1.29, 1.82) is 0 Å². The van der Waals surface area contributed by atoms with Crippen LogP contribution >= 0.6 is 23.2 Å². The van der Waals surface area contributed by atoms with Crippen molar-refractivity contribution in [3.05, 3.63) is 40.3 Å². The second kappa shape index (κ2) is 6.07. The normalized spacial score (nSPS) is 10.6. The number of nitrogens with zero attached hydrogens (tertiary/aromatic N) is 3. The first-order chi connectivity index (χ1) is 8.69. The predicted molar refractivity (Wildman–Crippen MR) is 74.4 cm³/mol. The fourth-order valence-electron chi connectivity index (χ4n) is 1.53. The largest absolute Gasteiger partial charge is 0.370 e. The Bertz CT molecular complexity index is 525. The van der Waals surface area contributed by atoms with Gasteiger partial charge in [-0.15, -0.1) is 0 Å². The minimum Gasteiger partial charge on any atom is -0.370 e. The topological polar surface area (TPSA) is 42.7 Å². The first-order valence-corrected chi connectivity index (χ1v) is 6.52. The molecule has 0 saturated carbocycles. The van der Waals surface area contributed by atoms with Crippen LogP contribution in [-0.4, -0.2) is 21.3 Å². The van der Waals surface area contributed by atoms with Crippen LogP contribution in [0.4, 0.5) is 5.82 Å². The zero-order valence-electron chi connectivity index (χ0n) is 10.0. The molecule has 0 unspecified atom stereocenters. The van der Waals surface area contributed by atoms with Crippen LogP contribution in [0.5, 0.6) is 0 Å². The fraction of sp³-hybridized carbons (Fsp3) is 0.333. The highest BCUT2D eigenvalue weighted by molar-refractivity contribution is 6.31. The Labute approximate surface area is 116 Å². The van der Waals surface area contributed by atoms with Crippen molar-refractivity contribution in [2.75, 3.05) is 11.9 Å². The zero-order chi connectivity index (χ0) is 13.0. The molecular weight excluding hydrogens is 271 g/mol. The van der Waals surface area contributed by atoms with Crippen LogP contribution in [0.1, 0.15) is 19.0 Å². The third-order valence-electron chi connectivity index (χ3n) is 2.39. The van der Waals surface area contributed by atoms with Gasteiger partial charge in [-0.1, -0.05) is 30.1 Å². The predicted octanol–water partition coefficient (Wildman–Crippen LogP) is 3.46. The average Bonchev–Trinajstić information content (AvgIpc) is 2.76. The summed E-state index contributed by atoms with van der Waals surface area (Å²) in [6.45, 7) is 3.50. The van der Waals surface area contributed by atoms with Crippen LogP contribution in [0.25, 0.3) is 0 Å². The van der Waals surface area contributed by atoms with Crippen molar-refractivity contribution in [2.45, 2.75) is 19.9 Å². The molecule has 96 valence electrons. The highest BCUT2D eigenvalue weighted by Crippen LogP contribution is 2.18. The molecule has 6 heteroatoms. The van der Waals surface area contributed by atoms with Gasteiger partial charge in [0, 0.05) is 12.7 Å². The second-order valence-electron chi connectivity index (χ2n) is 3.91. The van der Waals surface area contributed by atoms with Gasteiger partial charge in [0.1, 0.15) is 5.82 Å². The van der Waals surface area contributed by atoms with Crippen molar-refractivity contribution in [2.24, 2.45) is 0 Å². The molecule has 0 amide bonds. The van der Waals surface area contributed by atoms with Gasteiger partial charge in [0.2, 0.25) is 0 Å². The molecule has 2 aromatic rings. The van der Waals surface area contributed by atoms with E-state index in [9.17, 15) is 0 Å². The van der Waals surface area contributed by atoms with Crippen molar-refractivity contribution in [3.8, 4) is 0 Å². The van der Waals surface area contributed by atoms with E-state index in [4.69, 9.17) is 23.2 Å². The number of hydrogen-bond acceptors (Lipinski definition) is 3. The number of rotatable bonds is 5.